The van der Waals surface area contributed by atoms with E-state index in [9.17, 15) is 9.18 Å². The number of rotatable bonds is 3. The summed E-state index contributed by atoms with van der Waals surface area (Å²) in [6.45, 7) is 0. The summed E-state index contributed by atoms with van der Waals surface area (Å²) in [6, 6.07) is 9.39. The highest BCUT2D eigenvalue weighted by Crippen LogP contribution is 2.17. The largest absolute Gasteiger partial charge is 0.350 e. The van der Waals surface area contributed by atoms with Crippen molar-refractivity contribution in [1.29, 1.82) is 0 Å². The van der Waals surface area contributed by atoms with Crippen molar-refractivity contribution >= 4 is 29.1 Å². The fraction of sp³-hybridized carbons (Fsp3) is 0. The molecule has 98 valence electrons. The van der Waals surface area contributed by atoms with Gasteiger partial charge in [-0.2, -0.15) is 0 Å². The fourth-order valence-corrected chi connectivity index (χ4v) is 1.59. The molecule has 7 heteroatoms. The molecular weight excluding hydrogens is 271 g/mol. The monoisotopic (exact) mass is 280 g/mol. The Kier molecular flexibility index (Phi) is 3.82. The number of carbonyl (C=O) groups excluding carboxylic acids is 1. The quantitative estimate of drug-likeness (QED) is 0.671. The van der Waals surface area contributed by atoms with Gasteiger partial charge in [0.25, 0.3) is 0 Å². The minimum Gasteiger partial charge on any atom is -0.350 e. The summed E-state index contributed by atoms with van der Waals surface area (Å²) in [5.74, 6) is -0.0651. The topological polar surface area (TPSA) is 71.2 Å². The number of nitrogens with two attached hydrogens (primary N) is 1. The average Bonchev–Trinajstić information content (AvgIpc) is 2.37. The van der Waals surface area contributed by atoms with Crippen LogP contribution in [0.2, 0.25) is 5.15 Å². The number of amides is 2. The zero-order valence-corrected chi connectivity index (χ0v) is 10.4. The second kappa shape index (κ2) is 5.53. The van der Waals surface area contributed by atoms with Crippen LogP contribution in [-0.4, -0.2) is 11.0 Å². The Labute approximate surface area is 113 Å². The molecule has 0 atom stereocenters. The summed E-state index contributed by atoms with van der Waals surface area (Å²) in [5, 5.41) is 1.31. The van der Waals surface area contributed by atoms with Gasteiger partial charge in [-0.1, -0.05) is 17.7 Å². The van der Waals surface area contributed by atoms with Crippen LogP contribution in [0.15, 0.2) is 42.5 Å². The zero-order valence-electron chi connectivity index (χ0n) is 9.68. The Morgan fingerprint density at radius 3 is 2.53 bits per heavy atom. The molecule has 0 fully saturated rings. The molecule has 0 saturated carbocycles. The lowest BCUT2D eigenvalue weighted by Gasteiger charge is -2.21. The van der Waals surface area contributed by atoms with E-state index in [1.165, 1.54) is 24.3 Å². The third kappa shape index (κ3) is 3.32. The van der Waals surface area contributed by atoms with E-state index in [1.54, 1.807) is 18.2 Å². The number of hydrazine groups is 1. The van der Waals surface area contributed by atoms with Gasteiger partial charge < -0.3 is 5.73 Å². The lowest BCUT2D eigenvalue weighted by atomic mass is 10.3. The number of anilines is 2. The molecule has 0 unspecified atom stereocenters. The molecule has 0 spiro atoms. The number of nitrogens with one attached hydrogen (secondary N) is 1. The highest BCUT2D eigenvalue weighted by atomic mass is 35.5. The van der Waals surface area contributed by atoms with Crippen molar-refractivity contribution in [3.63, 3.8) is 0 Å². The second-order valence-corrected chi connectivity index (χ2v) is 3.99. The van der Waals surface area contributed by atoms with Crippen molar-refractivity contribution < 1.29 is 9.18 Å². The molecule has 0 saturated heterocycles. The molecule has 0 radical (unpaired) electrons. The molecule has 1 aromatic carbocycles. The van der Waals surface area contributed by atoms with Crippen LogP contribution in [0, 0.1) is 5.82 Å². The van der Waals surface area contributed by atoms with Crippen molar-refractivity contribution in [1.82, 2.24) is 4.98 Å². The van der Waals surface area contributed by atoms with Crippen LogP contribution in [0.4, 0.5) is 20.7 Å². The molecule has 2 amide bonds. The van der Waals surface area contributed by atoms with Gasteiger partial charge in [0.2, 0.25) is 0 Å². The van der Waals surface area contributed by atoms with E-state index in [0.29, 0.717) is 11.5 Å². The molecule has 0 aliphatic heterocycles. The van der Waals surface area contributed by atoms with E-state index in [0.717, 1.165) is 5.01 Å². The van der Waals surface area contributed by atoms with E-state index in [1.807, 2.05) is 0 Å². The third-order valence-electron chi connectivity index (χ3n) is 2.25. The van der Waals surface area contributed by atoms with Gasteiger partial charge >= 0.3 is 6.03 Å². The number of halogens is 2. The van der Waals surface area contributed by atoms with Crippen molar-refractivity contribution in [2.45, 2.75) is 0 Å². The number of benzene rings is 1. The Morgan fingerprint density at radius 2 is 1.95 bits per heavy atom. The maximum atomic E-state index is 12.8. The van der Waals surface area contributed by atoms with Crippen LogP contribution >= 0.6 is 11.6 Å². The van der Waals surface area contributed by atoms with Crippen molar-refractivity contribution in [2.75, 3.05) is 10.4 Å². The fourth-order valence-electron chi connectivity index (χ4n) is 1.42. The van der Waals surface area contributed by atoms with Crippen molar-refractivity contribution in [3.8, 4) is 0 Å². The Morgan fingerprint density at radius 1 is 1.26 bits per heavy atom. The van der Waals surface area contributed by atoms with Crippen molar-refractivity contribution in [2.24, 2.45) is 5.73 Å². The highest BCUT2D eigenvalue weighted by molar-refractivity contribution is 6.29. The first-order valence-corrected chi connectivity index (χ1v) is 5.68. The lowest BCUT2D eigenvalue weighted by molar-refractivity contribution is 0.255. The van der Waals surface area contributed by atoms with Gasteiger partial charge in [0, 0.05) is 0 Å². The highest BCUT2D eigenvalue weighted by Gasteiger charge is 2.13. The average molecular weight is 281 g/mol. The summed E-state index contributed by atoms with van der Waals surface area (Å²) in [7, 11) is 0. The minimum atomic E-state index is -0.756. The smallest absolute Gasteiger partial charge is 0.338 e. The number of carbonyl (C=O) groups is 1. The molecule has 1 heterocycles. The summed E-state index contributed by atoms with van der Waals surface area (Å²) < 4.78 is 12.8. The van der Waals surface area contributed by atoms with Crippen LogP contribution in [0.25, 0.3) is 0 Å². The van der Waals surface area contributed by atoms with Crippen molar-refractivity contribution in [3.05, 3.63) is 53.4 Å². The van der Waals surface area contributed by atoms with Crippen LogP contribution < -0.4 is 16.2 Å². The molecule has 3 N–H and O–H groups in total. The number of nitrogens with zero attached hydrogens (tertiary/aromatic N) is 2. The minimum absolute atomic E-state index is 0.272. The van der Waals surface area contributed by atoms with Crippen LogP contribution in [0.1, 0.15) is 0 Å². The Hall–Kier alpha value is -2.34. The molecule has 0 aliphatic carbocycles. The summed E-state index contributed by atoms with van der Waals surface area (Å²) >= 11 is 5.74. The maximum absolute atomic E-state index is 12.8. The molecule has 0 aliphatic rings. The standard InChI is InChI=1S/C12H10ClFN4O/c13-10-2-1-3-11(16-10)17-18(12(15)19)9-6-4-8(14)5-7-9/h1-7H,(H2,15,19)(H,16,17). The molecule has 19 heavy (non-hydrogen) atoms. The van der Waals surface area contributed by atoms with Gasteiger partial charge in [0.15, 0.2) is 0 Å². The number of aromatic nitrogens is 1. The van der Waals surface area contributed by atoms with E-state index in [4.69, 9.17) is 17.3 Å². The van der Waals surface area contributed by atoms with Gasteiger partial charge in [-0.15, -0.1) is 0 Å². The van der Waals surface area contributed by atoms with E-state index < -0.39 is 11.8 Å². The van der Waals surface area contributed by atoms with Crippen LogP contribution in [0.3, 0.4) is 0 Å². The predicted octanol–water partition coefficient (Wildman–Crippen LogP) is 2.79. The first-order valence-electron chi connectivity index (χ1n) is 5.30. The predicted molar refractivity (Wildman–Crippen MR) is 71.3 cm³/mol. The van der Waals surface area contributed by atoms with Gasteiger partial charge in [0.05, 0.1) is 5.69 Å². The number of primary amides is 1. The second-order valence-electron chi connectivity index (χ2n) is 3.61. The number of pyridine rings is 1. The van der Waals surface area contributed by atoms with Crippen LogP contribution in [-0.2, 0) is 0 Å². The van der Waals surface area contributed by atoms with Gasteiger partial charge in [-0.05, 0) is 36.4 Å². The molecule has 2 rings (SSSR count). The zero-order chi connectivity index (χ0) is 13.8. The first kappa shape index (κ1) is 13.1. The molecule has 1 aromatic heterocycles. The molecular formula is C12H10ClFN4O. The molecule has 2 aromatic rings. The number of urea groups is 1. The van der Waals surface area contributed by atoms with Gasteiger partial charge in [-0.3, -0.25) is 5.43 Å². The third-order valence-corrected chi connectivity index (χ3v) is 2.46. The molecule has 0 bridgehead atoms. The lowest BCUT2D eigenvalue weighted by Crippen LogP contribution is -2.40. The van der Waals surface area contributed by atoms with Crippen LogP contribution in [0.5, 0.6) is 0 Å². The molecule has 5 nitrogen and oxygen atoms in total. The van der Waals surface area contributed by atoms with Gasteiger partial charge in [-0.25, -0.2) is 19.2 Å². The first-order chi connectivity index (χ1) is 9.06. The van der Waals surface area contributed by atoms with E-state index in [2.05, 4.69) is 10.4 Å². The Balaban J connectivity index is 2.26. The number of hydrogen-bond donors (Lipinski definition) is 2. The Bertz CT molecular complexity index is 591. The van der Waals surface area contributed by atoms with E-state index >= 15 is 0 Å². The summed E-state index contributed by atoms with van der Waals surface area (Å²) in [5.41, 5.74) is 8.34. The summed E-state index contributed by atoms with van der Waals surface area (Å²) in [4.78, 5) is 15.4. The SMILES string of the molecule is NC(=O)N(Nc1cccc(Cl)n1)c1ccc(F)cc1. The normalized spacial score (nSPS) is 10.0. The van der Waals surface area contributed by atoms with E-state index in [-0.39, 0.29) is 5.15 Å². The van der Waals surface area contributed by atoms with Gasteiger partial charge in [0.1, 0.15) is 16.8 Å². The maximum Gasteiger partial charge on any atom is 0.338 e. The summed E-state index contributed by atoms with van der Waals surface area (Å²) in [6.07, 6.45) is 0. The number of hydrogen-bond acceptors (Lipinski definition) is 3.